The van der Waals surface area contributed by atoms with Crippen LogP contribution >= 0.6 is 11.6 Å². The van der Waals surface area contributed by atoms with Crippen LogP contribution in [0.4, 0.5) is 0 Å². The van der Waals surface area contributed by atoms with Crippen LogP contribution in [-0.2, 0) is 16.1 Å². The standard InChI is InChI=1S/C20H16ClNO5/c21-15-6-7-17-13(11-15)10-14(12-26-17)19(23)25-9-3-8-22-16-4-1-2-5-18(16)27-20(22)24/h1-2,4-7,10-11H,3,8-9,12H2. The Morgan fingerprint density at radius 2 is 2.07 bits per heavy atom. The SMILES string of the molecule is O=C(OCCCn1c(=O)oc2ccccc21)C1=Cc2cc(Cl)ccc2OC1. The predicted octanol–water partition coefficient (Wildman–Crippen LogP) is 3.66. The summed E-state index contributed by atoms with van der Waals surface area (Å²) in [6.45, 7) is 0.737. The molecule has 6 nitrogen and oxygen atoms in total. The van der Waals surface area contributed by atoms with Gasteiger partial charge in [-0.2, -0.15) is 0 Å². The predicted molar refractivity (Wildman–Crippen MR) is 101 cm³/mol. The monoisotopic (exact) mass is 385 g/mol. The molecule has 1 aliphatic heterocycles. The zero-order valence-electron chi connectivity index (χ0n) is 14.3. The number of para-hydroxylation sites is 2. The average Bonchev–Trinajstić information content (AvgIpc) is 2.99. The van der Waals surface area contributed by atoms with Crippen LogP contribution in [-0.4, -0.2) is 23.8 Å². The minimum atomic E-state index is -0.440. The number of esters is 1. The average molecular weight is 386 g/mol. The van der Waals surface area contributed by atoms with Crippen molar-refractivity contribution in [3.8, 4) is 5.75 Å². The number of carbonyl (C=O) groups excluding carboxylic acids is 1. The van der Waals surface area contributed by atoms with Gasteiger partial charge in [0.15, 0.2) is 5.58 Å². The molecule has 0 atom stereocenters. The van der Waals surface area contributed by atoms with Gasteiger partial charge in [-0.05, 0) is 42.8 Å². The third kappa shape index (κ3) is 3.61. The molecule has 7 heteroatoms. The lowest BCUT2D eigenvalue weighted by Crippen LogP contribution is -2.19. The van der Waals surface area contributed by atoms with Gasteiger partial charge in [-0.15, -0.1) is 0 Å². The number of benzene rings is 2. The molecule has 0 amide bonds. The fourth-order valence-corrected chi connectivity index (χ4v) is 3.15. The molecule has 138 valence electrons. The highest BCUT2D eigenvalue weighted by Crippen LogP contribution is 2.29. The van der Waals surface area contributed by atoms with Crippen molar-refractivity contribution in [1.82, 2.24) is 4.57 Å². The van der Waals surface area contributed by atoms with Crippen LogP contribution < -0.4 is 10.5 Å². The molecule has 0 bridgehead atoms. The Balaban J connectivity index is 1.36. The molecule has 0 unspecified atom stereocenters. The van der Waals surface area contributed by atoms with Crippen molar-refractivity contribution in [2.75, 3.05) is 13.2 Å². The number of carbonyl (C=O) groups is 1. The van der Waals surface area contributed by atoms with Crippen molar-refractivity contribution < 1.29 is 18.7 Å². The van der Waals surface area contributed by atoms with E-state index in [2.05, 4.69) is 0 Å². The molecule has 0 radical (unpaired) electrons. The number of fused-ring (bicyclic) bond motifs is 2. The summed E-state index contributed by atoms with van der Waals surface area (Å²) in [7, 11) is 0. The van der Waals surface area contributed by atoms with Gasteiger partial charge in [0.1, 0.15) is 12.4 Å². The van der Waals surface area contributed by atoms with Crippen molar-refractivity contribution in [1.29, 1.82) is 0 Å². The maximum absolute atomic E-state index is 12.2. The molecule has 1 aromatic heterocycles. The lowest BCUT2D eigenvalue weighted by Gasteiger charge is -2.17. The third-order valence-electron chi connectivity index (χ3n) is 4.28. The minimum absolute atomic E-state index is 0.152. The Hall–Kier alpha value is -2.99. The van der Waals surface area contributed by atoms with Crippen LogP contribution in [0.5, 0.6) is 5.75 Å². The number of nitrogens with zero attached hydrogens (tertiary/aromatic N) is 1. The number of aryl methyl sites for hydroxylation is 1. The number of halogens is 1. The van der Waals surface area contributed by atoms with Gasteiger partial charge >= 0.3 is 11.7 Å². The number of rotatable bonds is 5. The minimum Gasteiger partial charge on any atom is -0.488 e. The number of aromatic nitrogens is 1. The molecular weight excluding hydrogens is 370 g/mol. The summed E-state index contributed by atoms with van der Waals surface area (Å²) in [5.74, 6) is -0.174. The molecule has 0 saturated heterocycles. The van der Waals surface area contributed by atoms with Crippen LogP contribution in [0.15, 0.2) is 57.2 Å². The van der Waals surface area contributed by atoms with Gasteiger partial charge in [0.25, 0.3) is 0 Å². The summed E-state index contributed by atoms with van der Waals surface area (Å²) in [5, 5.41) is 0.570. The van der Waals surface area contributed by atoms with Crippen molar-refractivity contribution >= 4 is 34.7 Å². The van der Waals surface area contributed by atoms with Crippen molar-refractivity contribution in [3.05, 3.63) is 69.2 Å². The second-order valence-corrected chi connectivity index (χ2v) is 6.55. The van der Waals surface area contributed by atoms with Crippen molar-refractivity contribution in [3.63, 3.8) is 0 Å². The number of hydrogen-bond donors (Lipinski definition) is 0. The lowest BCUT2D eigenvalue weighted by atomic mass is 10.1. The van der Waals surface area contributed by atoms with E-state index in [1.54, 1.807) is 30.3 Å². The molecule has 0 saturated carbocycles. The zero-order valence-corrected chi connectivity index (χ0v) is 15.1. The largest absolute Gasteiger partial charge is 0.488 e. The van der Waals surface area contributed by atoms with Crippen molar-refractivity contribution in [2.24, 2.45) is 0 Å². The first-order valence-electron chi connectivity index (χ1n) is 8.50. The normalized spacial score (nSPS) is 13.0. The van der Waals surface area contributed by atoms with E-state index in [0.717, 1.165) is 11.1 Å². The Labute approximate surface area is 159 Å². The molecule has 2 aromatic carbocycles. The van der Waals surface area contributed by atoms with E-state index in [0.29, 0.717) is 34.9 Å². The number of ether oxygens (including phenoxy) is 2. The fourth-order valence-electron chi connectivity index (χ4n) is 2.97. The highest BCUT2D eigenvalue weighted by Gasteiger charge is 2.18. The fraction of sp³-hybridized carbons (Fsp3) is 0.200. The molecule has 3 aromatic rings. The van der Waals surface area contributed by atoms with Crippen LogP contribution in [0.3, 0.4) is 0 Å². The topological polar surface area (TPSA) is 70.7 Å². The van der Waals surface area contributed by atoms with Crippen LogP contribution in [0.25, 0.3) is 17.2 Å². The highest BCUT2D eigenvalue weighted by molar-refractivity contribution is 6.30. The van der Waals surface area contributed by atoms with E-state index in [4.69, 9.17) is 25.5 Å². The van der Waals surface area contributed by atoms with Crippen LogP contribution in [0.2, 0.25) is 5.02 Å². The van der Waals surface area contributed by atoms with Gasteiger partial charge in [0.2, 0.25) is 0 Å². The van der Waals surface area contributed by atoms with Crippen molar-refractivity contribution in [2.45, 2.75) is 13.0 Å². The molecule has 1 aliphatic rings. The summed E-state index contributed by atoms with van der Waals surface area (Å²) in [5.41, 5.74) is 2.44. The lowest BCUT2D eigenvalue weighted by molar-refractivity contribution is -0.139. The summed E-state index contributed by atoms with van der Waals surface area (Å²) in [6, 6.07) is 12.4. The maximum Gasteiger partial charge on any atom is 0.419 e. The first-order chi connectivity index (χ1) is 13.1. The summed E-state index contributed by atoms with van der Waals surface area (Å²) >= 11 is 5.97. The second-order valence-electron chi connectivity index (χ2n) is 6.12. The molecule has 27 heavy (non-hydrogen) atoms. The van der Waals surface area contributed by atoms with E-state index >= 15 is 0 Å². The summed E-state index contributed by atoms with van der Waals surface area (Å²) in [4.78, 5) is 24.2. The molecular formula is C20H16ClNO5. The Bertz CT molecular complexity index is 1100. The van der Waals surface area contributed by atoms with Crippen LogP contribution in [0.1, 0.15) is 12.0 Å². The molecule has 0 spiro atoms. The zero-order chi connectivity index (χ0) is 18.8. The highest BCUT2D eigenvalue weighted by atomic mass is 35.5. The Kier molecular flexibility index (Phi) is 4.73. The number of hydrogen-bond acceptors (Lipinski definition) is 5. The van der Waals surface area contributed by atoms with E-state index in [1.165, 1.54) is 4.57 Å². The smallest absolute Gasteiger partial charge is 0.419 e. The molecule has 4 rings (SSSR count). The summed E-state index contributed by atoms with van der Waals surface area (Å²) in [6.07, 6.45) is 2.22. The first kappa shape index (κ1) is 17.4. The van der Waals surface area contributed by atoms with Gasteiger partial charge < -0.3 is 13.9 Å². The van der Waals surface area contributed by atoms with Gasteiger partial charge in [-0.1, -0.05) is 23.7 Å². The number of oxazole rings is 1. The van der Waals surface area contributed by atoms with Gasteiger partial charge in [-0.3, -0.25) is 4.57 Å². The Morgan fingerprint density at radius 3 is 2.96 bits per heavy atom. The quantitative estimate of drug-likeness (QED) is 0.495. The molecule has 0 aliphatic carbocycles. The van der Waals surface area contributed by atoms with Gasteiger partial charge in [0.05, 0.1) is 17.7 Å². The van der Waals surface area contributed by atoms with Gasteiger partial charge in [-0.25, -0.2) is 9.59 Å². The van der Waals surface area contributed by atoms with Gasteiger partial charge in [0, 0.05) is 17.1 Å². The van der Waals surface area contributed by atoms with E-state index < -0.39 is 11.7 Å². The second kappa shape index (κ2) is 7.32. The molecule has 0 fully saturated rings. The molecule has 2 heterocycles. The Morgan fingerprint density at radius 1 is 1.22 bits per heavy atom. The maximum atomic E-state index is 12.2. The van der Waals surface area contributed by atoms with E-state index in [1.807, 2.05) is 18.2 Å². The third-order valence-corrected chi connectivity index (χ3v) is 4.51. The first-order valence-corrected chi connectivity index (χ1v) is 8.88. The van der Waals surface area contributed by atoms with E-state index in [-0.39, 0.29) is 13.2 Å². The molecule has 0 N–H and O–H groups in total. The van der Waals surface area contributed by atoms with E-state index in [9.17, 15) is 9.59 Å². The summed E-state index contributed by atoms with van der Waals surface area (Å²) < 4.78 is 17.6. The van der Waals surface area contributed by atoms with Crippen LogP contribution in [0, 0.1) is 0 Å².